The zero-order chi connectivity index (χ0) is 21.1. The first-order chi connectivity index (χ1) is 13.6. The fourth-order valence-electron chi connectivity index (χ4n) is 5.29. The van der Waals surface area contributed by atoms with Crippen LogP contribution in [0.3, 0.4) is 0 Å². The van der Waals surface area contributed by atoms with Crippen LogP contribution in [0.4, 0.5) is 14.5 Å². The molecule has 0 aromatic heterocycles. The number of anilines is 1. The van der Waals surface area contributed by atoms with E-state index >= 15 is 0 Å². The Morgan fingerprint density at radius 3 is 2.83 bits per heavy atom. The lowest BCUT2D eigenvalue weighted by molar-refractivity contribution is -0.127. The highest BCUT2D eigenvalue weighted by molar-refractivity contribution is 6.31. The standard InChI is InChI=1S/C22H22Cl2F2N2O/c1-4-14(23)16(25)7-5-6-12-11-28-19(10-21(28,2)3)22(12)13-8-17(26)15(24)9-18(13)27-20(22)29/h4-5,7-9,12,19H,1,6,10-11H2,2-3H3,(H,27,29)/b7-5-,16-14-/t12-,19+,22-/m0/s1. The Morgan fingerprint density at radius 2 is 2.17 bits per heavy atom. The second kappa shape index (κ2) is 6.93. The van der Waals surface area contributed by atoms with Crippen LogP contribution < -0.4 is 5.32 Å². The van der Waals surface area contributed by atoms with Gasteiger partial charge in [0.15, 0.2) is 0 Å². The van der Waals surface area contributed by atoms with Crippen molar-refractivity contribution in [1.29, 1.82) is 0 Å². The number of nitrogens with one attached hydrogen (secondary N) is 1. The van der Waals surface area contributed by atoms with Gasteiger partial charge in [0, 0.05) is 23.8 Å². The quantitative estimate of drug-likeness (QED) is 0.611. The smallest absolute Gasteiger partial charge is 0.237 e. The number of fused-ring (bicyclic) bond motifs is 4. The van der Waals surface area contributed by atoms with Crippen LogP contribution in [0.5, 0.6) is 0 Å². The third-order valence-electron chi connectivity index (χ3n) is 6.66. The van der Waals surface area contributed by atoms with Crippen molar-refractivity contribution in [2.24, 2.45) is 5.92 Å². The molecule has 0 aliphatic carbocycles. The number of halogens is 4. The van der Waals surface area contributed by atoms with Gasteiger partial charge in [-0.2, -0.15) is 0 Å². The van der Waals surface area contributed by atoms with Crippen LogP contribution in [0.15, 0.2) is 47.8 Å². The summed E-state index contributed by atoms with van der Waals surface area (Å²) >= 11 is 11.7. The topological polar surface area (TPSA) is 32.3 Å². The van der Waals surface area contributed by atoms with E-state index in [2.05, 4.69) is 30.6 Å². The van der Waals surface area contributed by atoms with Gasteiger partial charge >= 0.3 is 0 Å². The van der Waals surface area contributed by atoms with E-state index in [-0.39, 0.29) is 33.5 Å². The van der Waals surface area contributed by atoms with Crippen molar-refractivity contribution in [3.63, 3.8) is 0 Å². The fraction of sp³-hybridized carbons (Fsp3) is 0.409. The van der Waals surface area contributed by atoms with E-state index in [0.29, 0.717) is 24.2 Å². The maximum Gasteiger partial charge on any atom is 0.237 e. The number of carbonyl (C=O) groups excluding carboxylic acids is 1. The van der Waals surface area contributed by atoms with Gasteiger partial charge in [-0.1, -0.05) is 35.9 Å². The Kier molecular flexibility index (Phi) is 4.92. The predicted octanol–water partition coefficient (Wildman–Crippen LogP) is 5.70. The average molecular weight is 439 g/mol. The van der Waals surface area contributed by atoms with Crippen molar-refractivity contribution in [3.8, 4) is 0 Å². The van der Waals surface area contributed by atoms with Crippen LogP contribution in [-0.4, -0.2) is 28.9 Å². The zero-order valence-corrected chi connectivity index (χ0v) is 17.7. The molecule has 3 aliphatic rings. The molecule has 29 heavy (non-hydrogen) atoms. The Morgan fingerprint density at radius 1 is 1.45 bits per heavy atom. The first-order valence-electron chi connectivity index (χ1n) is 9.55. The highest BCUT2D eigenvalue weighted by Gasteiger charge is 2.69. The van der Waals surface area contributed by atoms with E-state index in [1.807, 2.05) is 0 Å². The second-order valence-corrected chi connectivity index (χ2v) is 9.37. The zero-order valence-electron chi connectivity index (χ0n) is 16.2. The van der Waals surface area contributed by atoms with Gasteiger partial charge in [-0.3, -0.25) is 9.69 Å². The summed E-state index contributed by atoms with van der Waals surface area (Å²) in [5, 5.41) is 2.83. The van der Waals surface area contributed by atoms with E-state index in [4.69, 9.17) is 23.2 Å². The van der Waals surface area contributed by atoms with E-state index < -0.39 is 17.1 Å². The summed E-state index contributed by atoms with van der Waals surface area (Å²) in [6.07, 6.45) is 5.49. The maximum atomic E-state index is 14.4. The van der Waals surface area contributed by atoms with E-state index in [9.17, 15) is 13.6 Å². The highest BCUT2D eigenvalue weighted by atomic mass is 35.5. The van der Waals surface area contributed by atoms with Gasteiger partial charge in [0.2, 0.25) is 5.91 Å². The Bertz CT molecular complexity index is 972. The lowest BCUT2D eigenvalue weighted by Gasteiger charge is -2.55. The molecule has 7 heteroatoms. The van der Waals surface area contributed by atoms with Gasteiger partial charge in [-0.25, -0.2) is 8.78 Å². The summed E-state index contributed by atoms with van der Waals surface area (Å²) in [5.41, 5.74) is 0.276. The van der Waals surface area contributed by atoms with E-state index in [1.54, 1.807) is 6.08 Å². The Labute approximate surface area is 179 Å². The molecule has 1 amide bonds. The van der Waals surface area contributed by atoms with Crippen LogP contribution in [0, 0.1) is 11.7 Å². The van der Waals surface area contributed by atoms with Gasteiger partial charge in [0.25, 0.3) is 0 Å². The van der Waals surface area contributed by atoms with Gasteiger partial charge in [0.05, 0.1) is 15.5 Å². The normalized spacial score (nSPS) is 30.8. The second-order valence-electron chi connectivity index (χ2n) is 8.55. The van der Waals surface area contributed by atoms with Crippen molar-refractivity contribution >= 4 is 34.8 Å². The number of amides is 1. The number of rotatable bonds is 4. The van der Waals surface area contributed by atoms with Crippen molar-refractivity contribution < 1.29 is 13.6 Å². The Hall–Kier alpha value is -1.69. The van der Waals surface area contributed by atoms with Crippen molar-refractivity contribution in [2.45, 2.75) is 43.7 Å². The molecule has 3 nitrogen and oxygen atoms in total. The molecular weight excluding hydrogens is 417 g/mol. The van der Waals surface area contributed by atoms with Crippen LogP contribution >= 0.6 is 23.2 Å². The van der Waals surface area contributed by atoms with Crippen molar-refractivity contribution in [3.05, 3.63) is 64.2 Å². The predicted molar refractivity (Wildman–Crippen MR) is 112 cm³/mol. The summed E-state index contributed by atoms with van der Waals surface area (Å²) in [7, 11) is 0. The summed E-state index contributed by atoms with van der Waals surface area (Å²) in [5.74, 6) is -1.40. The van der Waals surface area contributed by atoms with Crippen LogP contribution in [-0.2, 0) is 10.2 Å². The summed E-state index contributed by atoms with van der Waals surface area (Å²) < 4.78 is 28.3. The minimum absolute atomic E-state index is 0.0207. The summed E-state index contributed by atoms with van der Waals surface area (Å²) in [6.45, 7) is 8.39. The molecule has 3 aliphatic heterocycles. The molecule has 4 rings (SSSR count). The third kappa shape index (κ3) is 2.89. The highest BCUT2D eigenvalue weighted by Crippen LogP contribution is 2.60. The number of hydrogen-bond acceptors (Lipinski definition) is 2. The maximum absolute atomic E-state index is 14.4. The van der Waals surface area contributed by atoms with Crippen molar-refractivity contribution in [1.82, 2.24) is 4.90 Å². The number of hydrogen-bond donors (Lipinski definition) is 1. The monoisotopic (exact) mass is 438 g/mol. The van der Waals surface area contributed by atoms with Crippen molar-refractivity contribution in [2.75, 3.05) is 11.9 Å². The molecule has 0 unspecified atom stereocenters. The molecule has 0 radical (unpaired) electrons. The molecule has 3 atom stereocenters. The minimum atomic E-state index is -0.886. The van der Waals surface area contributed by atoms with Gasteiger partial charge in [-0.05, 0) is 62.5 Å². The molecule has 154 valence electrons. The molecule has 1 aromatic carbocycles. The van der Waals surface area contributed by atoms with Gasteiger partial charge < -0.3 is 5.32 Å². The SMILES string of the molecule is C=C/C(Cl)=C(F)\C=C/C[C@H]1CN2[C@H](CC2(C)C)[C@]12C(=O)Nc1cc(Cl)c(F)cc12. The van der Waals surface area contributed by atoms with Gasteiger partial charge in [-0.15, -0.1) is 0 Å². The number of benzene rings is 1. The Balaban J connectivity index is 1.76. The number of nitrogens with zero attached hydrogens (tertiary/aromatic N) is 1. The lowest BCUT2D eigenvalue weighted by Crippen LogP contribution is -2.65. The molecule has 1 N–H and O–H groups in total. The average Bonchev–Trinajstić information content (AvgIpc) is 3.09. The number of allylic oxidation sites excluding steroid dienone is 5. The van der Waals surface area contributed by atoms with Crippen LogP contribution in [0.1, 0.15) is 32.3 Å². The molecule has 0 saturated carbocycles. The number of carbonyl (C=O) groups is 1. The van der Waals surface area contributed by atoms with Crippen LogP contribution in [0.2, 0.25) is 5.02 Å². The molecule has 1 aromatic rings. The van der Waals surface area contributed by atoms with E-state index in [1.165, 1.54) is 24.3 Å². The summed E-state index contributed by atoms with van der Waals surface area (Å²) in [6, 6.07) is 2.83. The molecular formula is C22H22Cl2F2N2O. The molecule has 2 fully saturated rings. The fourth-order valence-corrected chi connectivity index (χ4v) is 5.52. The molecule has 2 saturated heterocycles. The first kappa shape index (κ1) is 20.6. The van der Waals surface area contributed by atoms with Gasteiger partial charge in [0.1, 0.15) is 11.6 Å². The van der Waals surface area contributed by atoms with E-state index in [0.717, 1.165) is 6.42 Å². The largest absolute Gasteiger partial charge is 0.325 e. The molecule has 1 spiro atoms. The van der Waals surface area contributed by atoms with Crippen LogP contribution in [0.25, 0.3) is 0 Å². The molecule has 0 bridgehead atoms. The summed E-state index contributed by atoms with van der Waals surface area (Å²) in [4.78, 5) is 15.6. The minimum Gasteiger partial charge on any atom is -0.325 e. The first-order valence-corrected chi connectivity index (χ1v) is 10.3. The molecule has 3 heterocycles. The third-order valence-corrected chi connectivity index (χ3v) is 7.28. The lowest BCUT2D eigenvalue weighted by atomic mass is 9.63.